The molecule has 7 nitrogen and oxygen atoms in total. The number of halogens is 2. The third kappa shape index (κ3) is 5.40. The molecule has 0 bridgehead atoms. The smallest absolute Gasteiger partial charge is 0.270 e. The number of rotatable bonds is 7. The molecule has 2 heterocycles. The molecule has 0 radical (unpaired) electrons. The lowest BCUT2D eigenvalue weighted by atomic mass is 10.2. The predicted molar refractivity (Wildman–Crippen MR) is 103 cm³/mol. The molecule has 0 saturated heterocycles. The average molecular weight is 438 g/mol. The first-order chi connectivity index (χ1) is 13.7. The molecule has 2 aromatic heterocycles. The number of hydrogen-bond acceptors (Lipinski definition) is 6. The van der Waals surface area contributed by atoms with Gasteiger partial charge in [0.15, 0.2) is 11.6 Å². The summed E-state index contributed by atoms with van der Waals surface area (Å²) in [6.07, 6.45) is 3.05. The Morgan fingerprint density at radius 1 is 1.07 bits per heavy atom. The Labute approximate surface area is 169 Å². The van der Waals surface area contributed by atoms with Crippen LogP contribution < -0.4 is 10.0 Å². The summed E-state index contributed by atoms with van der Waals surface area (Å²) in [6.45, 7) is 2.08. The van der Waals surface area contributed by atoms with Gasteiger partial charge in [0.05, 0.1) is 16.4 Å². The highest BCUT2D eigenvalue weighted by Gasteiger charge is 2.16. The van der Waals surface area contributed by atoms with Crippen molar-refractivity contribution >= 4 is 27.3 Å². The molecular formula is C18H16F2N4O3S2. The number of benzene rings is 1. The van der Waals surface area contributed by atoms with Crippen LogP contribution in [0.5, 0.6) is 0 Å². The molecule has 0 unspecified atom stereocenters. The maximum Gasteiger partial charge on any atom is 0.270 e. The second kappa shape index (κ2) is 8.72. The van der Waals surface area contributed by atoms with Crippen molar-refractivity contribution < 1.29 is 22.0 Å². The molecule has 3 aromatic rings. The number of aryl methyl sites for hydroxylation is 1. The van der Waals surface area contributed by atoms with Gasteiger partial charge >= 0.3 is 0 Å². The molecule has 0 saturated carbocycles. The second-order valence-electron chi connectivity index (χ2n) is 5.98. The standard InChI is InChI=1S/C18H16F2N4O3S2/c1-11-21-9-13(28-11)10-23-18(25)17-5-2-12(7-22-17)8-24-29(26,27)14-3-4-15(19)16(20)6-14/h2-7,9,24H,8,10H2,1H3,(H,23,25). The van der Waals surface area contributed by atoms with Crippen LogP contribution in [-0.2, 0) is 23.1 Å². The zero-order valence-corrected chi connectivity index (χ0v) is 16.8. The topological polar surface area (TPSA) is 101 Å². The van der Waals surface area contributed by atoms with E-state index in [1.807, 2.05) is 6.92 Å². The first-order valence-electron chi connectivity index (χ1n) is 8.34. The molecule has 2 N–H and O–H groups in total. The van der Waals surface area contributed by atoms with Gasteiger partial charge in [-0.2, -0.15) is 0 Å². The third-order valence-electron chi connectivity index (χ3n) is 3.82. The van der Waals surface area contributed by atoms with E-state index in [2.05, 4.69) is 20.0 Å². The summed E-state index contributed by atoms with van der Waals surface area (Å²) in [6, 6.07) is 5.33. The number of aromatic nitrogens is 2. The van der Waals surface area contributed by atoms with Crippen molar-refractivity contribution in [2.75, 3.05) is 0 Å². The van der Waals surface area contributed by atoms with Crippen molar-refractivity contribution in [1.29, 1.82) is 0 Å². The minimum absolute atomic E-state index is 0.129. The number of carbonyl (C=O) groups excluding carboxylic acids is 1. The van der Waals surface area contributed by atoms with Crippen LogP contribution in [0.25, 0.3) is 0 Å². The van der Waals surface area contributed by atoms with Gasteiger partial charge in [0.25, 0.3) is 5.91 Å². The van der Waals surface area contributed by atoms with Gasteiger partial charge in [-0.1, -0.05) is 6.07 Å². The minimum atomic E-state index is -4.03. The van der Waals surface area contributed by atoms with Gasteiger partial charge in [-0.3, -0.25) is 9.78 Å². The van der Waals surface area contributed by atoms with E-state index in [0.29, 0.717) is 18.2 Å². The molecule has 11 heteroatoms. The summed E-state index contributed by atoms with van der Waals surface area (Å²) in [5.74, 6) is -2.75. The van der Waals surface area contributed by atoms with Gasteiger partial charge in [-0.05, 0) is 36.8 Å². The minimum Gasteiger partial charge on any atom is -0.346 e. The fourth-order valence-electron chi connectivity index (χ4n) is 2.31. The van der Waals surface area contributed by atoms with Crippen molar-refractivity contribution in [1.82, 2.24) is 20.0 Å². The van der Waals surface area contributed by atoms with Crippen molar-refractivity contribution in [3.05, 3.63) is 75.5 Å². The largest absolute Gasteiger partial charge is 0.346 e. The molecule has 0 spiro atoms. The zero-order chi connectivity index (χ0) is 21.0. The van der Waals surface area contributed by atoms with Crippen LogP contribution in [0, 0.1) is 18.6 Å². The van der Waals surface area contributed by atoms with Gasteiger partial charge in [0.2, 0.25) is 10.0 Å². The SMILES string of the molecule is Cc1ncc(CNC(=O)c2ccc(CNS(=O)(=O)c3ccc(F)c(F)c3)cn2)s1. The van der Waals surface area contributed by atoms with E-state index >= 15 is 0 Å². The Kier molecular flexibility index (Phi) is 6.30. The van der Waals surface area contributed by atoms with Gasteiger partial charge < -0.3 is 5.32 Å². The Morgan fingerprint density at radius 3 is 2.48 bits per heavy atom. The van der Waals surface area contributed by atoms with Gasteiger partial charge in [0.1, 0.15) is 5.69 Å². The highest BCUT2D eigenvalue weighted by molar-refractivity contribution is 7.89. The fraction of sp³-hybridized carbons (Fsp3) is 0.167. The first kappa shape index (κ1) is 21.0. The van der Waals surface area contributed by atoms with Crippen LogP contribution in [0.3, 0.4) is 0 Å². The lowest BCUT2D eigenvalue weighted by molar-refractivity contribution is 0.0946. The molecule has 1 amide bonds. The molecule has 29 heavy (non-hydrogen) atoms. The average Bonchev–Trinajstić information content (AvgIpc) is 3.12. The number of hydrogen-bond donors (Lipinski definition) is 2. The number of carbonyl (C=O) groups is 1. The number of sulfonamides is 1. The Morgan fingerprint density at radius 2 is 1.86 bits per heavy atom. The van der Waals surface area contributed by atoms with E-state index in [1.165, 1.54) is 23.6 Å². The number of nitrogens with zero attached hydrogens (tertiary/aromatic N) is 2. The molecule has 0 aliphatic heterocycles. The maximum atomic E-state index is 13.2. The lowest BCUT2D eigenvalue weighted by Gasteiger charge is -2.08. The molecule has 3 rings (SSSR count). The summed E-state index contributed by atoms with van der Waals surface area (Å²) in [4.78, 5) is 20.8. The third-order valence-corrected chi connectivity index (χ3v) is 6.13. The predicted octanol–water partition coefficient (Wildman–Crippen LogP) is 2.53. The molecule has 152 valence electrons. The molecule has 0 aliphatic rings. The molecule has 0 aliphatic carbocycles. The van der Waals surface area contributed by atoms with E-state index in [9.17, 15) is 22.0 Å². The van der Waals surface area contributed by atoms with E-state index in [0.717, 1.165) is 22.0 Å². The normalized spacial score (nSPS) is 11.4. The summed E-state index contributed by atoms with van der Waals surface area (Å²) in [5, 5.41) is 3.63. The Hall–Kier alpha value is -2.76. The summed E-state index contributed by atoms with van der Waals surface area (Å²) < 4.78 is 52.8. The first-order valence-corrected chi connectivity index (χ1v) is 10.6. The van der Waals surface area contributed by atoms with Crippen molar-refractivity contribution in [2.45, 2.75) is 24.9 Å². The Balaban J connectivity index is 1.58. The van der Waals surface area contributed by atoms with E-state index in [1.54, 1.807) is 12.3 Å². The second-order valence-corrected chi connectivity index (χ2v) is 9.07. The van der Waals surface area contributed by atoms with Gasteiger partial charge in [-0.25, -0.2) is 26.9 Å². The highest BCUT2D eigenvalue weighted by Crippen LogP contribution is 2.14. The maximum absolute atomic E-state index is 13.2. The number of amides is 1. The van der Waals surface area contributed by atoms with Crippen LogP contribution in [0.4, 0.5) is 8.78 Å². The van der Waals surface area contributed by atoms with E-state index in [-0.39, 0.29) is 18.1 Å². The van der Waals surface area contributed by atoms with Crippen LogP contribution in [0.1, 0.15) is 25.9 Å². The molecular weight excluding hydrogens is 422 g/mol. The summed E-state index contributed by atoms with van der Waals surface area (Å²) in [5.41, 5.74) is 0.671. The monoisotopic (exact) mass is 438 g/mol. The summed E-state index contributed by atoms with van der Waals surface area (Å²) in [7, 11) is -4.03. The van der Waals surface area contributed by atoms with Crippen LogP contribution in [0.15, 0.2) is 47.6 Å². The molecule has 0 fully saturated rings. The van der Waals surface area contributed by atoms with Crippen LogP contribution in [0.2, 0.25) is 0 Å². The number of thiazole rings is 1. The van der Waals surface area contributed by atoms with Crippen molar-refractivity contribution in [2.24, 2.45) is 0 Å². The summed E-state index contributed by atoms with van der Waals surface area (Å²) >= 11 is 1.48. The van der Waals surface area contributed by atoms with Crippen LogP contribution >= 0.6 is 11.3 Å². The van der Waals surface area contributed by atoms with Gasteiger partial charge in [-0.15, -0.1) is 11.3 Å². The lowest BCUT2D eigenvalue weighted by Crippen LogP contribution is -2.25. The molecule has 1 aromatic carbocycles. The zero-order valence-electron chi connectivity index (χ0n) is 15.1. The van der Waals surface area contributed by atoms with Crippen LogP contribution in [-0.4, -0.2) is 24.3 Å². The van der Waals surface area contributed by atoms with Gasteiger partial charge in [0, 0.05) is 23.8 Å². The highest BCUT2D eigenvalue weighted by atomic mass is 32.2. The van der Waals surface area contributed by atoms with E-state index < -0.39 is 26.6 Å². The number of nitrogens with one attached hydrogen (secondary N) is 2. The molecule has 0 atom stereocenters. The van der Waals surface area contributed by atoms with Crippen molar-refractivity contribution in [3.63, 3.8) is 0 Å². The Bertz CT molecular complexity index is 1130. The number of pyridine rings is 1. The fourth-order valence-corrected chi connectivity index (χ4v) is 4.08. The van der Waals surface area contributed by atoms with E-state index in [4.69, 9.17) is 0 Å². The quantitative estimate of drug-likeness (QED) is 0.590. The van der Waals surface area contributed by atoms with Crippen molar-refractivity contribution in [3.8, 4) is 0 Å².